The van der Waals surface area contributed by atoms with E-state index in [-0.39, 0.29) is 21.9 Å². The third kappa shape index (κ3) is 8.10. The van der Waals surface area contributed by atoms with E-state index in [1.807, 2.05) is 56.3 Å². The van der Waals surface area contributed by atoms with Crippen molar-refractivity contribution in [2.24, 2.45) is 0 Å². The number of nitrogens with zero attached hydrogens (tertiary/aromatic N) is 8. The molecule has 7 heterocycles. The number of thiazole rings is 1. The van der Waals surface area contributed by atoms with Crippen LogP contribution in [0.15, 0.2) is 76.6 Å². The quantitative estimate of drug-likeness (QED) is 0.0854. The van der Waals surface area contributed by atoms with E-state index < -0.39 is 32.7 Å². The first-order valence-electron chi connectivity index (χ1n) is 17.9. The average Bonchev–Trinajstić information content (AvgIpc) is 3.65. The van der Waals surface area contributed by atoms with Gasteiger partial charge in [-0.15, -0.1) is 0 Å². The van der Waals surface area contributed by atoms with E-state index in [0.717, 1.165) is 62.6 Å². The number of aryl methyl sites for hydroxylation is 2. The summed E-state index contributed by atoms with van der Waals surface area (Å²) >= 11 is 6.67. The maximum atomic E-state index is 13.8. The molecule has 4 saturated heterocycles. The van der Waals surface area contributed by atoms with E-state index in [4.69, 9.17) is 16.6 Å². The minimum absolute atomic E-state index is 0.141. The van der Waals surface area contributed by atoms with Crippen LogP contribution in [0, 0.1) is 13.8 Å². The van der Waals surface area contributed by atoms with Gasteiger partial charge in [0.25, 0.3) is 0 Å². The zero-order valence-electron chi connectivity index (χ0n) is 30.0. The number of carbonyl (C=O) groups is 2. The molecule has 4 aliphatic heterocycles. The van der Waals surface area contributed by atoms with Crippen molar-refractivity contribution in [3.8, 4) is 5.69 Å². The molecule has 2 aromatic carbocycles. The van der Waals surface area contributed by atoms with Gasteiger partial charge in [-0.3, -0.25) is 9.59 Å². The number of carbonyl (C=O) groups excluding carboxylic acids is 2. The van der Waals surface area contributed by atoms with Crippen LogP contribution in [0.2, 0.25) is 5.02 Å². The predicted octanol–water partition coefficient (Wildman–Crippen LogP) is 1.64. The van der Waals surface area contributed by atoms with Crippen LogP contribution in [0.1, 0.15) is 33.9 Å². The number of nitrogens with one attached hydrogen (secondary N) is 3. The first-order chi connectivity index (χ1) is 26.6. The van der Waals surface area contributed by atoms with Crippen molar-refractivity contribution >= 4 is 60.9 Å². The second kappa shape index (κ2) is 15.7. The van der Waals surface area contributed by atoms with E-state index in [2.05, 4.69) is 43.4 Å². The molecule has 2 atom stereocenters. The Labute approximate surface area is 336 Å². The molecule has 55 heavy (non-hydrogen) atoms. The molecule has 15 nitrogen and oxygen atoms in total. The molecule has 18 heteroatoms. The molecule has 0 spiro atoms. The van der Waals surface area contributed by atoms with E-state index in [1.54, 1.807) is 6.07 Å². The predicted molar refractivity (Wildman–Crippen MR) is 209 cm³/mol. The Balaban J connectivity index is 0.848. The van der Waals surface area contributed by atoms with Gasteiger partial charge in [-0.05, 0) is 18.6 Å². The number of piperidine rings is 2. The zero-order chi connectivity index (χ0) is 38.2. The summed E-state index contributed by atoms with van der Waals surface area (Å²) in [5.74, 6) is 1.70. The van der Waals surface area contributed by atoms with Gasteiger partial charge in [-0.1, -0.05) is 23.7 Å². The Morgan fingerprint density at radius 1 is 0.945 bits per heavy atom. The van der Waals surface area contributed by atoms with Crippen molar-refractivity contribution in [3.05, 3.63) is 109 Å². The Kier molecular flexibility index (Phi) is 10.6. The second-order valence-electron chi connectivity index (χ2n) is 13.6. The molecule has 4 aliphatic rings. The fraction of sp³-hybridized carbons (Fsp3) is 0.324. The number of rotatable bonds is 9. The second-order valence-corrected chi connectivity index (χ2v) is 17.8. The Bertz CT molecular complexity index is 2360. The van der Waals surface area contributed by atoms with Gasteiger partial charge in [0.05, 0.1) is 10.7 Å². The molecule has 0 radical (unpaired) electrons. The molecule has 0 aliphatic carbocycles. The molecular formula is C37H38ClIN11O4S-. The maximum absolute atomic E-state index is 13.8. The summed E-state index contributed by atoms with van der Waals surface area (Å²) < 4.78 is 4.02. The van der Waals surface area contributed by atoms with Crippen molar-refractivity contribution < 1.29 is 31.1 Å². The summed E-state index contributed by atoms with van der Waals surface area (Å²) in [5.41, 5.74) is 2.23. The van der Waals surface area contributed by atoms with Gasteiger partial charge in [0.15, 0.2) is 0 Å². The number of H-pyrrole nitrogens is 1. The van der Waals surface area contributed by atoms with Gasteiger partial charge in [-0.25, -0.2) is 0 Å². The molecule has 3 aromatic heterocycles. The molecule has 2 unspecified atom stereocenters. The monoisotopic (exact) mass is 894 g/mol. The number of benzene rings is 2. The number of hydrogen-bond donors (Lipinski definition) is 3. The Hall–Kier alpha value is -4.85. The zero-order valence-corrected chi connectivity index (χ0v) is 33.8. The molecule has 2 amide bonds. The SMILES string of the molecule is Cc1nc(Nc2ncc(C(=O)Nc3c(C)cccc3Cl)s2)cc(N2CCN([I-]C(=O)N3CC4CCC3CN4c3cccc(-n4ccc(=O)[nH]c4=O)c3)CC2)n1. The van der Waals surface area contributed by atoms with E-state index in [9.17, 15) is 19.2 Å². The van der Waals surface area contributed by atoms with E-state index in [1.165, 1.54) is 34.4 Å². The number of anilines is 5. The number of halogens is 2. The van der Waals surface area contributed by atoms with Gasteiger partial charge in [0.2, 0.25) is 0 Å². The summed E-state index contributed by atoms with van der Waals surface area (Å²) in [7, 11) is 0. The fourth-order valence-corrected chi connectivity index (χ4v) is 10.6. The van der Waals surface area contributed by atoms with E-state index >= 15 is 0 Å². The van der Waals surface area contributed by atoms with Crippen molar-refractivity contribution in [3.63, 3.8) is 0 Å². The van der Waals surface area contributed by atoms with Crippen molar-refractivity contribution in [1.82, 2.24) is 32.5 Å². The number of hydrogen-bond acceptors (Lipinski definition) is 12. The summed E-state index contributed by atoms with van der Waals surface area (Å²) in [6.07, 6.45) is 5.00. The number of aromatic nitrogens is 5. The summed E-state index contributed by atoms with van der Waals surface area (Å²) in [6.45, 7) is 8.18. The fourth-order valence-electron chi connectivity index (χ4n) is 7.24. The van der Waals surface area contributed by atoms with Crippen molar-refractivity contribution in [2.75, 3.05) is 59.7 Å². The molecule has 5 aromatic rings. The molecule has 3 N–H and O–H groups in total. The van der Waals surface area contributed by atoms with Gasteiger partial charge in [0, 0.05) is 0 Å². The molecule has 286 valence electrons. The van der Waals surface area contributed by atoms with Crippen LogP contribution in [0.25, 0.3) is 5.69 Å². The Morgan fingerprint density at radius 3 is 2.49 bits per heavy atom. The van der Waals surface area contributed by atoms with Crippen LogP contribution >= 0.6 is 22.9 Å². The molecule has 2 bridgehead atoms. The molecule has 0 saturated carbocycles. The van der Waals surface area contributed by atoms with Crippen LogP contribution in [0.3, 0.4) is 0 Å². The number of piperazine rings is 2. The standard InChI is InChI=1S/C37H38ClIN11O4S/c1-22-5-3-8-28(38)33(22)45-34(52)29-19-40-36(55-29)43-30-18-31(42-23(2)41-30)46-13-15-47(16-14-46)39-35(53)50-21-26-9-10-27(50)20-49(26)25-7-4-6-24(17-25)48-12-11-32(51)44-37(48)54/h3-8,11-12,17-19,26-27H,9-10,13-16,20-21H2,1-2H3,(H,45,52)(H,44,51,54)(H,40,41,42,43)/q-1. The number of amides is 2. The van der Waals surface area contributed by atoms with Crippen LogP contribution in [-0.2, 0) is 0 Å². The van der Waals surface area contributed by atoms with Gasteiger partial charge in [-0.2, -0.15) is 0 Å². The third-order valence-corrected chi connectivity index (χ3v) is 13.9. The van der Waals surface area contributed by atoms with Gasteiger partial charge < -0.3 is 5.32 Å². The topological polar surface area (TPSA) is 165 Å². The van der Waals surface area contributed by atoms with Crippen molar-refractivity contribution in [2.45, 2.75) is 38.8 Å². The van der Waals surface area contributed by atoms with Crippen LogP contribution < -0.4 is 53.2 Å². The van der Waals surface area contributed by atoms with Gasteiger partial charge in [0.1, 0.15) is 0 Å². The van der Waals surface area contributed by atoms with Crippen LogP contribution in [0.5, 0.6) is 0 Å². The summed E-state index contributed by atoms with van der Waals surface area (Å²) in [6, 6.07) is 16.8. The summed E-state index contributed by atoms with van der Waals surface area (Å²) in [4.78, 5) is 73.8. The third-order valence-electron chi connectivity index (χ3n) is 10.0. The minimum atomic E-state index is -0.854. The Morgan fingerprint density at radius 2 is 1.73 bits per heavy atom. The molecular weight excluding hydrogens is 857 g/mol. The number of para-hydroxylation sites is 1. The van der Waals surface area contributed by atoms with Crippen LogP contribution in [-0.4, -0.2) is 93.7 Å². The molecule has 9 rings (SSSR count). The van der Waals surface area contributed by atoms with Crippen molar-refractivity contribution in [1.29, 1.82) is 0 Å². The van der Waals surface area contributed by atoms with Crippen LogP contribution in [0.4, 0.5) is 32.9 Å². The normalized spacial score (nSPS) is 18.5. The first kappa shape index (κ1) is 37.1. The number of aromatic amines is 1. The number of fused-ring (bicyclic) bond motifs is 3. The molecule has 4 fully saturated rings. The first-order valence-corrected chi connectivity index (χ1v) is 21.1. The average molecular weight is 895 g/mol. The summed E-state index contributed by atoms with van der Waals surface area (Å²) in [5, 5.41) is 7.13. The van der Waals surface area contributed by atoms with E-state index in [0.29, 0.717) is 44.6 Å². The van der Waals surface area contributed by atoms with Gasteiger partial charge >= 0.3 is 270 Å².